The van der Waals surface area contributed by atoms with Gasteiger partial charge >= 0.3 is 5.97 Å². The van der Waals surface area contributed by atoms with Gasteiger partial charge in [-0.2, -0.15) is 0 Å². The number of anilines is 2. The summed E-state index contributed by atoms with van der Waals surface area (Å²) in [5.74, 6) is -0.886. The predicted molar refractivity (Wildman–Crippen MR) is 112 cm³/mol. The molecule has 29 heavy (non-hydrogen) atoms. The molecule has 0 aliphatic carbocycles. The van der Waals surface area contributed by atoms with Crippen molar-refractivity contribution in [1.29, 1.82) is 0 Å². The van der Waals surface area contributed by atoms with Crippen LogP contribution in [-0.4, -0.2) is 34.5 Å². The molecular weight excluding hydrogens is 412 g/mol. The largest absolute Gasteiger partial charge is 0.465 e. The van der Waals surface area contributed by atoms with Gasteiger partial charge in [-0.05, 0) is 53.9 Å². The normalized spacial score (nSPS) is 11.0. The van der Waals surface area contributed by atoms with Crippen LogP contribution >= 0.6 is 11.3 Å². The fourth-order valence-electron chi connectivity index (χ4n) is 2.55. The molecule has 2 aromatic carbocycles. The first-order valence-electron chi connectivity index (χ1n) is 8.45. The van der Waals surface area contributed by atoms with Gasteiger partial charge in [0.05, 0.1) is 18.4 Å². The number of carbonyl (C=O) groups excluding carboxylic acids is 2. The van der Waals surface area contributed by atoms with Gasteiger partial charge in [-0.1, -0.05) is 12.1 Å². The molecule has 3 rings (SSSR count). The average molecular weight is 431 g/mol. The zero-order chi connectivity index (χ0) is 21.0. The zero-order valence-electron chi connectivity index (χ0n) is 15.7. The first kappa shape index (κ1) is 20.6. The molecule has 1 N–H and O–H groups in total. The van der Waals surface area contributed by atoms with E-state index in [2.05, 4.69) is 10.1 Å². The van der Waals surface area contributed by atoms with Crippen LogP contribution in [0.4, 0.5) is 11.4 Å². The first-order valence-corrected chi connectivity index (χ1v) is 10.8. The van der Waals surface area contributed by atoms with Gasteiger partial charge < -0.3 is 10.1 Å². The molecule has 7 nitrogen and oxygen atoms in total. The molecule has 0 unspecified atom stereocenters. The highest BCUT2D eigenvalue weighted by Crippen LogP contribution is 2.25. The summed E-state index contributed by atoms with van der Waals surface area (Å²) < 4.78 is 31.2. The van der Waals surface area contributed by atoms with Gasteiger partial charge in [0.2, 0.25) is 0 Å². The van der Waals surface area contributed by atoms with E-state index in [4.69, 9.17) is 0 Å². The fourth-order valence-corrected chi connectivity index (χ4v) is 4.91. The molecule has 0 atom stereocenters. The van der Waals surface area contributed by atoms with E-state index in [9.17, 15) is 18.0 Å². The van der Waals surface area contributed by atoms with Crippen LogP contribution in [0.1, 0.15) is 20.7 Å². The molecule has 0 radical (unpaired) electrons. The Morgan fingerprint density at radius 2 is 1.72 bits per heavy atom. The number of sulfonamides is 1. The second kappa shape index (κ2) is 8.46. The molecular formula is C20H18N2O5S2. The molecule has 0 aliphatic heterocycles. The first-order chi connectivity index (χ1) is 13.8. The molecule has 150 valence electrons. The van der Waals surface area contributed by atoms with Crippen LogP contribution in [-0.2, 0) is 14.8 Å². The maximum Gasteiger partial charge on any atom is 0.337 e. The topological polar surface area (TPSA) is 92.8 Å². The van der Waals surface area contributed by atoms with Crippen LogP contribution in [0.25, 0.3) is 0 Å². The van der Waals surface area contributed by atoms with Crippen LogP contribution < -0.4 is 9.62 Å². The standard InChI is InChI=1S/C20H18N2O5S2/c1-22(29(25,26)18-7-4-12-28-18)17-10-8-14(9-11-17)19(23)21-16-6-3-5-15(13-16)20(24)27-2/h3-13H,1-2H3,(H,21,23). The molecule has 1 heterocycles. The van der Waals surface area contributed by atoms with Crippen molar-refractivity contribution in [2.75, 3.05) is 23.8 Å². The lowest BCUT2D eigenvalue weighted by Crippen LogP contribution is -2.25. The monoisotopic (exact) mass is 430 g/mol. The number of ether oxygens (including phenoxy) is 1. The van der Waals surface area contributed by atoms with Crippen molar-refractivity contribution < 1.29 is 22.7 Å². The molecule has 0 spiro atoms. The van der Waals surface area contributed by atoms with Crippen molar-refractivity contribution in [3.05, 3.63) is 77.2 Å². The summed E-state index contributed by atoms with van der Waals surface area (Å²) >= 11 is 1.14. The highest BCUT2D eigenvalue weighted by Gasteiger charge is 2.22. The molecule has 0 saturated carbocycles. The summed E-state index contributed by atoms with van der Waals surface area (Å²) in [6.07, 6.45) is 0. The Labute approximate surface area is 172 Å². The SMILES string of the molecule is COC(=O)c1cccc(NC(=O)c2ccc(N(C)S(=O)(=O)c3cccs3)cc2)c1. The summed E-state index contributed by atoms with van der Waals surface area (Å²) in [5.41, 5.74) is 1.54. The maximum absolute atomic E-state index is 12.6. The van der Waals surface area contributed by atoms with Crippen molar-refractivity contribution in [2.24, 2.45) is 0 Å². The minimum absolute atomic E-state index is 0.243. The summed E-state index contributed by atoms with van der Waals surface area (Å²) in [5, 5.41) is 4.40. The lowest BCUT2D eigenvalue weighted by atomic mass is 10.1. The average Bonchev–Trinajstić information content (AvgIpc) is 3.28. The van der Waals surface area contributed by atoms with Gasteiger partial charge in [-0.25, -0.2) is 13.2 Å². The Morgan fingerprint density at radius 1 is 1.00 bits per heavy atom. The summed E-state index contributed by atoms with van der Waals surface area (Å²) in [6.45, 7) is 0. The lowest BCUT2D eigenvalue weighted by Gasteiger charge is -2.18. The molecule has 3 aromatic rings. The van der Waals surface area contributed by atoms with Gasteiger partial charge in [0.25, 0.3) is 15.9 Å². The Hall–Kier alpha value is -3.17. The Balaban J connectivity index is 1.75. The second-order valence-corrected chi connectivity index (χ2v) is 9.12. The van der Waals surface area contributed by atoms with Gasteiger partial charge in [-0.3, -0.25) is 9.10 Å². The Bertz CT molecular complexity index is 1120. The summed E-state index contributed by atoms with van der Waals surface area (Å²) in [4.78, 5) is 24.1. The minimum Gasteiger partial charge on any atom is -0.465 e. The highest BCUT2D eigenvalue weighted by molar-refractivity contribution is 7.94. The smallest absolute Gasteiger partial charge is 0.337 e. The van der Waals surface area contributed by atoms with Crippen LogP contribution in [0.2, 0.25) is 0 Å². The number of amides is 1. The van der Waals surface area contributed by atoms with Crippen molar-refractivity contribution in [1.82, 2.24) is 0 Å². The number of nitrogens with one attached hydrogen (secondary N) is 1. The Morgan fingerprint density at radius 3 is 2.34 bits per heavy atom. The molecule has 1 amide bonds. The van der Waals surface area contributed by atoms with Crippen LogP contribution in [0.5, 0.6) is 0 Å². The number of rotatable bonds is 6. The fraction of sp³-hybridized carbons (Fsp3) is 0.100. The van der Waals surface area contributed by atoms with Gasteiger partial charge in [0.15, 0.2) is 0 Å². The van der Waals surface area contributed by atoms with Gasteiger partial charge in [-0.15, -0.1) is 11.3 Å². The van der Waals surface area contributed by atoms with Crippen LogP contribution in [0.3, 0.4) is 0 Å². The van der Waals surface area contributed by atoms with Crippen LogP contribution in [0, 0.1) is 0 Å². The van der Waals surface area contributed by atoms with Gasteiger partial charge in [0.1, 0.15) is 4.21 Å². The third-order valence-corrected chi connectivity index (χ3v) is 7.30. The third kappa shape index (κ3) is 4.47. The Kier molecular flexibility index (Phi) is 6.00. The summed E-state index contributed by atoms with van der Waals surface area (Å²) in [7, 11) is -0.895. The number of nitrogens with zero attached hydrogens (tertiary/aromatic N) is 1. The van der Waals surface area contributed by atoms with Crippen molar-refractivity contribution in [3.8, 4) is 0 Å². The van der Waals surface area contributed by atoms with Gasteiger partial charge in [0, 0.05) is 18.3 Å². The van der Waals surface area contributed by atoms with Crippen molar-refractivity contribution in [3.63, 3.8) is 0 Å². The number of hydrogen-bond acceptors (Lipinski definition) is 6. The maximum atomic E-state index is 12.6. The van der Waals surface area contributed by atoms with Crippen molar-refractivity contribution in [2.45, 2.75) is 4.21 Å². The minimum atomic E-state index is -3.64. The number of benzene rings is 2. The van der Waals surface area contributed by atoms with E-state index in [0.717, 1.165) is 11.3 Å². The van der Waals surface area contributed by atoms with E-state index >= 15 is 0 Å². The van der Waals surface area contributed by atoms with E-state index < -0.39 is 16.0 Å². The number of carbonyl (C=O) groups is 2. The highest BCUT2D eigenvalue weighted by atomic mass is 32.2. The summed E-state index contributed by atoms with van der Waals surface area (Å²) in [6, 6.07) is 15.8. The second-order valence-electron chi connectivity index (χ2n) is 5.98. The molecule has 9 heteroatoms. The zero-order valence-corrected chi connectivity index (χ0v) is 17.3. The molecule has 0 saturated heterocycles. The van der Waals surface area contributed by atoms with E-state index in [1.165, 1.54) is 36.7 Å². The molecule has 0 aliphatic rings. The molecule has 0 fully saturated rings. The van der Waals surface area contributed by atoms with E-state index in [-0.39, 0.29) is 10.1 Å². The van der Waals surface area contributed by atoms with E-state index in [0.29, 0.717) is 22.5 Å². The van der Waals surface area contributed by atoms with Crippen molar-refractivity contribution >= 4 is 44.6 Å². The predicted octanol–water partition coefficient (Wildman–Crippen LogP) is 3.61. The van der Waals surface area contributed by atoms with E-state index in [1.54, 1.807) is 47.8 Å². The molecule has 0 bridgehead atoms. The number of hydrogen-bond donors (Lipinski definition) is 1. The lowest BCUT2D eigenvalue weighted by molar-refractivity contribution is 0.0600. The quantitative estimate of drug-likeness (QED) is 0.603. The third-order valence-electron chi connectivity index (χ3n) is 4.14. The number of methoxy groups -OCH3 is 1. The van der Waals surface area contributed by atoms with E-state index in [1.807, 2.05) is 0 Å². The van der Waals surface area contributed by atoms with Crippen LogP contribution in [0.15, 0.2) is 70.3 Å². The number of thiophene rings is 1. The molecule has 1 aromatic heterocycles. The number of esters is 1.